The molecule has 9 heteroatoms. The first-order chi connectivity index (χ1) is 7.22. The number of hydrogen-bond donors (Lipinski definition) is 0. The molecule has 1 aromatic heterocycles. The van der Waals surface area contributed by atoms with E-state index >= 15 is 0 Å². The molecule has 0 aliphatic heterocycles. The maximum Gasteiger partial charge on any atom is 0.573 e. The van der Waals surface area contributed by atoms with E-state index in [1.54, 1.807) is 0 Å². The Morgan fingerprint density at radius 2 is 1.94 bits per heavy atom. The van der Waals surface area contributed by atoms with Gasteiger partial charge in [0.2, 0.25) is 0 Å². The summed E-state index contributed by atoms with van der Waals surface area (Å²) in [6, 6.07) is 0. The fourth-order valence-corrected chi connectivity index (χ4v) is 2.31. The average Bonchev–Trinajstić information content (AvgIpc) is 2.10. The number of nitrogens with zero attached hydrogens (tertiary/aromatic N) is 1. The Hall–Kier alpha value is -0.190. The maximum atomic E-state index is 12.4. The molecule has 1 heterocycles. The predicted molar refractivity (Wildman–Crippen MR) is 56.3 cm³/mol. The summed E-state index contributed by atoms with van der Waals surface area (Å²) in [5.74, 6) is -0.758. The third kappa shape index (κ3) is 3.40. The van der Waals surface area contributed by atoms with E-state index in [-0.39, 0.29) is 8.17 Å². The van der Waals surface area contributed by atoms with Gasteiger partial charge in [-0.05, 0) is 38.5 Å². The van der Waals surface area contributed by atoms with Crippen molar-refractivity contribution in [2.75, 3.05) is 0 Å². The van der Waals surface area contributed by atoms with Crippen LogP contribution in [0.2, 0.25) is 0 Å². The molecule has 0 amide bonds. The van der Waals surface area contributed by atoms with Crippen molar-refractivity contribution in [2.24, 2.45) is 0 Å². The summed E-state index contributed by atoms with van der Waals surface area (Å²) in [4.78, 5) is 3.35. The van der Waals surface area contributed by atoms with E-state index in [4.69, 9.17) is 0 Å². The molecule has 1 rings (SSSR count). The van der Waals surface area contributed by atoms with Gasteiger partial charge in [-0.25, -0.2) is 13.8 Å². The Labute approximate surface area is 108 Å². The first-order valence-electron chi connectivity index (χ1n) is 3.60. The van der Waals surface area contributed by atoms with Crippen LogP contribution in [0.25, 0.3) is 0 Å². The second-order valence-electron chi connectivity index (χ2n) is 2.50. The average molecular weight is 418 g/mol. The molecule has 0 aliphatic carbocycles. The summed E-state index contributed by atoms with van der Waals surface area (Å²) in [5.41, 5.74) is -0.608. The fraction of sp³-hybridized carbons (Fsp3) is 0.286. The van der Waals surface area contributed by atoms with Crippen LogP contribution < -0.4 is 4.74 Å². The Balaban J connectivity index is 3.21. The first kappa shape index (κ1) is 13.9. The van der Waals surface area contributed by atoms with E-state index in [0.29, 0.717) is 0 Å². The van der Waals surface area contributed by atoms with E-state index in [0.717, 1.165) is 6.20 Å². The van der Waals surface area contributed by atoms with Gasteiger partial charge in [-0.1, -0.05) is 0 Å². The minimum absolute atomic E-state index is 0.279. The molecule has 0 unspecified atom stereocenters. The second kappa shape index (κ2) is 4.98. The summed E-state index contributed by atoms with van der Waals surface area (Å²) >= 11 is 4.04. The third-order valence-electron chi connectivity index (χ3n) is 1.41. The lowest BCUT2D eigenvalue weighted by Gasteiger charge is -2.13. The third-order valence-corrected chi connectivity index (χ3v) is 3.09. The number of aromatic nitrogens is 1. The molecule has 0 fully saturated rings. The van der Waals surface area contributed by atoms with E-state index in [9.17, 15) is 22.0 Å². The van der Waals surface area contributed by atoms with Crippen molar-refractivity contribution in [3.8, 4) is 5.75 Å². The molecular formula is C7H2BrF5INO. The van der Waals surface area contributed by atoms with Crippen LogP contribution in [0.15, 0.2) is 10.8 Å². The molecule has 0 bridgehead atoms. The topological polar surface area (TPSA) is 22.1 Å². The molecule has 1 aromatic rings. The summed E-state index contributed by atoms with van der Waals surface area (Å²) in [6.07, 6.45) is -7.08. The van der Waals surface area contributed by atoms with Crippen molar-refractivity contribution in [3.05, 3.63) is 19.9 Å². The molecule has 0 spiro atoms. The lowest BCUT2D eigenvalue weighted by atomic mass is 10.3. The zero-order valence-electron chi connectivity index (χ0n) is 7.16. The van der Waals surface area contributed by atoms with Crippen molar-refractivity contribution in [2.45, 2.75) is 12.8 Å². The van der Waals surface area contributed by atoms with Crippen LogP contribution in [0.1, 0.15) is 12.0 Å². The Morgan fingerprint density at radius 3 is 2.38 bits per heavy atom. The molecule has 0 radical (unpaired) electrons. The van der Waals surface area contributed by atoms with Gasteiger partial charge >= 0.3 is 6.36 Å². The quantitative estimate of drug-likeness (QED) is 0.407. The molecule has 0 saturated carbocycles. The minimum Gasteiger partial charge on any atom is -0.402 e. The molecule has 16 heavy (non-hydrogen) atoms. The second-order valence-corrected chi connectivity index (χ2v) is 4.33. The van der Waals surface area contributed by atoms with Gasteiger partial charge in [0.1, 0.15) is 4.60 Å². The van der Waals surface area contributed by atoms with Crippen molar-refractivity contribution >= 4 is 38.5 Å². The Morgan fingerprint density at radius 1 is 1.38 bits per heavy atom. The maximum absolute atomic E-state index is 12.4. The summed E-state index contributed by atoms with van der Waals surface area (Å²) in [6.45, 7) is 0. The van der Waals surface area contributed by atoms with Crippen LogP contribution in [0, 0.1) is 3.57 Å². The van der Waals surface area contributed by atoms with E-state index in [1.807, 2.05) is 0 Å². The molecule has 0 aromatic carbocycles. The van der Waals surface area contributed by atoms with Gasteiger partial charge in [-0.2, -0.15) is 0 Å². The molecular weight excluding hydrogens is 416 g/mol. The number of halogens is 7. The number of pyridine rings is 1. The van der Waals surface area contributed by atoms with Gasteiger partial charge in [-0.15, -0.1) is 13.2 Å². The number of hydrogen-bond acceptors (Lipinski definition) is 2. The molecule has 2 nitrogen and oxygen atoms in total. The monoisotopic (exact) mass is 417 g/mol. The SMILES string of the molecule is FC(F)c1cnc(Br)c(OC(F)(F)F)c1I. The van der Waals surface area contributed by atoms with Gasteiger partial charge in [0.25, 0.3) is 6.43 Å². The normalized spacial score (nSPS) is 12.0. The van der Waals surface area contributed by atoms with Gasteiger partial charge in [-0.3, -0.25) is 0 Å². The van der Waals surface area contributed by atoms with Crippen LogP contribution in [0.5, 0.6) is 5.75 Å². The molecule has 90 valence electrons. The fourth-order valence-electron chi connectivity index (χ4n) is 0.818. The van der Waals surface area contributed by atoms with Gasteiger partial charge in [0.15, 0.2) is 5.75 Å². The smallest absolute Gasteiger partial charge is 0.402 e. The highest BCUT2D eigenvalue weighted by molar-refractivity contribution is 14.1. The molecule has 0 aliphatic rings. The highest BCUT2D eigenvalue weighted by atomic mass is 127. The number of alkyl halides is 5. The van der Waals surface area contributed by atoms with E-state index < -0.39 is 24.1 Å². The summed E-state index contributed by atoms with van der Waals surface area (Å²) in [5, 5.41) is 0. The zero-order valence-corrected chi connectivity index (χ0v) is 10.9. The lowest BCUT2D eigenvalue weighted by molar-refractivity contribution is -0.275. The van der Waals surface area contributed by atoms with Gasteiger partial charge in [0, 0.05) is 6.20 Å². The van der Waals surface area contributed by atoms with Crippen molar-refractivity contribution in [3.63, 3.8) is 0 Å². The van der Waals surface area contributed by atoms with Crippen molar-refractivity contribution in [1.82, 2.24) is 4.98 Å². The van der Waals surface area contributed by atoms with Crippen LogP contribution in [0.4, 0.5) is 22.0 Å². The summed E-state index contributed by atoms with van der Waals surface area (Å²) in [7, 11) is 0. The number of rotatable bonds is 2. The van der Waals surface area contributed by atoms with Crippen LogP contribution in [-0.4, -0.2) is 11.3 Å². The molecule has 0 N–H and O–H groups in total. The zero-order chi connectivity index (χ0) is 12.5. The van der Waals surface area contributed by atoms with Gasteiger partial charge in [0.05, 0.1) is 9.13 Å². The van der Waals surface area contributed by atoms with Crippen LogP contribution in [-0.2, 0) is 0 Å². The first-order valence-corrected chi connectivity index (χ1v) is 5.47. The molecule has 0 atom stereocenters. The Bertz CT molecular complexity index is 397. The highest BCUT2D eigenvalue weighted by Crippen LogP contribution is 2.37. The predicted octanol–water partition coefficient (Wildman–Crippen LogP) is 4.28. The summed E-state index contributed by atoms with van der Waals surface area (Å²) < 4.78 is 63.7. The minimum atomic E-state index is -4.95. The largest absolute Gasteiger partial charge is 0.573 e. The lowest BCUT2D eigenvalue weighted by Crippen LogP contribution is -2.19. The van der Waals surface area contributed by atoms with Crippen molar-refractivity contribution < 1.29 is 26.7 Å². The van der Waals surface area contributed by atoms with Crippen LogP contribution in [0.3, 0.4) is 0 Å². The standard InChI is InChI=1S/C7H2BrF5INO/c8-5-4(16-7(11,12)13)3(14)2(1-15-5)6(9)10/h1,6H. The Kier molecular flexibility index (Phi) is 4.32. The molecule has 0 saturated heterocycles. The van der Waals surface area contributed by atoms with E-state index in [1.165, 1.54) is 22.6 Å². The van der Waals surface area contributed by atoms with Crippen LogP contribution >= 0.6 is 38.5 Å². The number of ether oxygens (including phenoxy) is 1. The van der Waals surface area contributed by atoms with E-state index in [2.05, 4.69) is 25.7 Å². The highest BCUT2D eigenvalue weighted by Gasteiger charge is 2.34. The van der Waals surface area contributed by atoms with Gasteiger partial charge < -0.3 is 4.74 Å². The van der Waals surface area contributed by atoms with Crippen molar-refractivity contribution in [1.29, 1.82) is 0 Å².